The number of hydrogen-bond donors (Lipinski definition) is 2. The highest BCUT2D eigenvalue weighted by molar-refractivity contribution is 5.62. The zero-order valence-electron chi connectivity index (χ0n) is 12.7. The summed E-state index contributed by atoms with van der Waals surface area (Å²) in [6.45, 7) is 4.14. The first-order chi connectivity index (χ1) is 10.1. The molecule has 0 bridgehead atoms. The van der Waals surface area contributed by atoms with E-state index in [-0.39, 0.29) is 5.92 Å². The third-order valence-corrected chi connectivity index (χ3v) is 3.10. The summed E-state index contributed by atoms with van der Waals surface area (Å²) in [5.41, 5.74) is 4.30. The van der Waals surface area contributed by atoms with E-state index in [0.29, 0.717) is 23.1 Å². The molecule has 6 nitrogen and oxygen atoms in total. The van der Waals surface area contributed by atoms with Crippen molar-refractivity contribution in [2.75, 3.05) is 19.6 Å². The molecule has 0 aliphatic heterocycles. The molecule has 0 aliphatic carbocycles. The van der Waals surface area contributed by atoms with Crippen molar-refractivity contribution in [3.05, 3.63) is 30.0 Å². The third kappa shape index (κ3) is 3.41. The lowest BCUT2D eigenvalue weighted by Crippen LogP contribution is -2.11. The monoisotopic (exact) mass is 288 g/mol. The van der Waals surface area contributed by atoms with E-state index in [1.165, 1.54) is 0 Å². The first kappa shape index (κ1) is 15.1. The van der Waals surface area contributed by atoms with Crippen molar-refractivity contribution < 1.29 is 9.47 Å². The Morgan fingerprint density at radius 2 is 1.62 bits per heavy atom. The summed E-state index contributed by atoms with van der Waals surface area (Å²) < 4.78 is 10.6. The standard InChI is InChI=1S/C15H20N4O2/c1-9(2)13-8-14(19-16)18-15(17-13)10-5-11(20-3)7-12(6-10)21-4/h5-9H,16H2,1-4H3,(H,17,18,19). The number of rotatable bonds is 5. The number of hydrogen-bond acceptors (Lipinski definition) is 6. The fourth-order valence-corrected chi connectivity index (χ4v) is 1.90. The van der Waals surface area contributed by atoms with Crippen molar-refractivity contribution in [3.8, 4) is 22.9 Å². The van der Waals surface area contributed by atoms with Gasteiger partial charge in [-0.05, 0) is 18.1 Å². The Balaban J connectivity index is 2.57. The number of nitrogen functional groups attached to an aromatic ring is 1. The number of hydrazine groups is 1. The molecule has 1 aromatic heterocycles. The van der Waals surface area contributed by atoms with Crippen LogP contribution >= 0.6 is 0 Å². The molecule has 0 unspecified atom stereocenters. The Hall–Kier alpha value is -2.34. The second-order valence-electron chi connectivity index (χ2n) is 4.90. The van der Waals surface area contributed by atoms with Crippen LogP contribution in [0.3, 0.4) is 0 Å². The van der Waals surface area contributed by atoms with Crippen LogP contribution in [0, 0.1) is 0 Å². The summed E-state index contributed by atoms with van der Waals surface area (Å²) in [6.07, 6.45) is 0. The van der Waals surface area contributed by atoms with E-state index in [9.17, 15) is 0 Å². The molecule has 0 spiro atoms. The average molecular weight is 288 g/mol. The highest BCUT2D eigenvalue weighted by Crippen LogP contribution is 2.29. The van der Waals surface area contributed by atoms with Crippen LogP contribution in [0.4, 0.5) is 5.82 Å². The summed E-state index contributed by atoms with van der Waals surface area (Å²) >= 11 is 0. The molecule has 2 rings (SSSR count). The molecule has 6 heteroatoms. The lowest BCUT2D eigenvalue weighted by molar-refractivity contribution is 0.394. The number of nitrogens with two attached hydrogens (primary N) is 1. The predicted molar refractivity (Wildman–Crippen MR) is 82.5 cm³/mol. The van der Waals surface area contributed by atoms with Gasteiger partial charge in [-0.3, -0.25) is 0 Å². The number of aromatic nitrogens is 2. The van der Waals surface area contributed by atoms with Crippen molar-refractivity contribution in [2.24, 2.45) is 5.84 Å². The van der Waals surface area contributed by atoms with E-state index in [1.807, 2.05) is 18.2 Å². The minimum absolute atomic E-state index is 0.270. The van der Waals surface area contributed by atoms with E-state index < -0.39 is 0 Å². The molecule has 1 aromatic carbocycles. The molecule has 0 fully saturated rings. The molecular formula is C15H20N4O2. The quantitative estimate of drug-likeness (QED) is 0.650. The van der Waals surface area contributed by atoms with Gasteiger partial charge in [0.15, 0.2) is 5.82 Å². The molecule has 0 radical (unpaired) electrons. The van der Waals surface area contributed by atoms with Gasteiger partial charge in [-0.15, -0.1) is 0 Å². The average Bonchev–Trinajstić information content (AvgIpc) is 2.53. The van der Waals surface area contributed by atoms with E-state index in [1.54, 1.807) is 20.3 Å². The summed E-state index contributed by atoms with van der Waals surface area (Å²) in [7, 11) is 3.22. The normalized spacial score (nSPS) is 10.6. The minimum atomic E-state index is 0.270. The molecule has 0 saturated heterocycles. The maximum atomic E-state index is 5.49. The van der Waals surface area contributed by atoms with Gasteiger partial charge in [0, 0.05) is 23.4 Å². The van der Waals surface area contributed by atoms with E-state index in [2.05, 4.69) is 29.2 Å². The van der Waals surface area contributed by atoms with Gasteiger partial charge < -0.3 is 14.9 Å². The van der Waals surface area contributed by atoms with E-state index >= 15 is 0 Å². The molecular weight excluding hydrogens is 268 g/mol. The van der Waals surface area contributed by atoms with Crippen molar-refractivity contribution in [2.45, 2.75) is 19.8 Å². The van der Waals surface area contributed by atoms with E-state index in [0.717, 1.165) is 11.3 Å². The number of anilines is 1. The largest absolute Gasteiger partial charge is 0.497 e. The summed E-state index contributed by atoms with van der Waals surface area (Å²) in [4.78, 5) is 8.98. The van der Waals surface area contributed by atoms with Gasteiger partial charge in [-0.1, -0.05) is 13.8 Å². The zero-order valence-corrected chi connectivity index (χ0v) is 12.7. The first-order valence-corrected chi connectivity index (χ1v) is 6.66. The van der Waals surface area contributed by atoms with Crippen molar-refractivity contribution in [1.29, 1.82) is 0 Å². The van der Waals surface area contributed by atoms with Crippen LogP contribution in [0.2, 0.25) is 0 Å². The number of ether oxygens (including phenoxy) is 2. The Morgan fingerprint density at radius 3 is 2.10 bits per heavy atom. The molecule has 0 aliphatic rings. The molecule has 1 heterocycles. The van der Waals surface area contributed by atoms with Gasteiger partial charge in [0.05, 0.1) is 14.2 Å². The van der Waals surface area contributed by atoms with Crippen molar-refractivity contribution >= 4 is 5.82 Å². The maximum Gasteiger partial charge on any atom is 0.162 e. The summed E-state index contributed by atoms with van der Waals surface area (Å²) in [6, 6.07) is 7.37. The number of methoxy groups -OCH3 is 2. The van der Waals surface area contributed by atoms with Crippen molar-refractivity contribution in [1.82, 2.24) is 9.97 Å². The molecule has 2 aromatic rings. The first-order valence-electron chi connectivity index (χ1n) is 6.66. The molecule has 112 valence electrons. The van der Waals surface area contributed by atoms with Crippen LogP contribution in [-0.4, -0.2) is 24.2 Å². The molecule has 3 N–H and O–H groups in total. The Morgan fingerprint density at radius 1 is 1.00 bits per heavy atom. The number of nitrogens with one attached hydrogen (secondary N) is 1. The third-order valence-electron chi connectivity index (χ3n) is 3.10. The Bertz CT molecular complexity index is 607. The highest BCUT2D eigenvalue weighted by Gasteiger charge is 2.11. The molecule has 0 saturated carbocycles. The predicted octanol–water partition coefficient (Wildman–Crippen LogP) is 2.57. The maximum absolute atomic E-state index is 5.49. The topological polar surface area (TPSA) is 82.3 Å². The number of nitrogens with zero attached hydrogens (tertiary/aromatic N) is 2. The van der Waals surface area contributed by atoms with Crippen LogP contribution in [0.5, 0.6) is 11.5 Å². The fraction of sp³-hybridized carbons (Fsp3) is 0.333. The fourth-order valence-electron chi connectivity index (χ4n) is 1.90. The lowest BCUT2D eigenvalue weighted by Gasteiger charge is -2.12. The molecule has 0 amide bonds. The minimum Gasteiger partial charge on any atom is -0.497 e. The van der Waals surface area contributed by atoms with E-state index in [4.69, 9.17) is 15.3 Å². The van der Waals surface area contributed by atoms with Crippen LogP contribution in [0.25, 0.3) is 11.4 Å². The SMILES string of the molecule is COc1cc(OC)cc(-c2nc(NN)cc(C(C)C)n2)c1. The summed E-state index contributed by atoms with van der Waals surface area (Å²) in [5.74, 6) is 8.28. The Kier molecular flexibility index (Phi) is 4.59. The lowest BCUT2D eigenvalue weighted by atomic mass is 10.1. The van der Waals surface area contributed by atoms with Crippen LogP contribution in [0.15, 0.2) is 24.3 Å². The van der Waals surface area contributed by atoms with Crippen LogP contribution in [-0.2, 0) is 0 Å². The van der Waals surface area contributed by atoms with Gasteiger partial charge >= 0.3 is 0 Å². The van der Waals surface area contributed by atoms with Crippen LogP contribution < -0.4 is 20.7 Å². The van der Waals surface area contributed by atoms with Gasteiger partial charge in [-0.2, -0.15) is 0 Å². The second-order valence-corrected chi connectivity index (χ2v) is 4.90. The highest BCUT2D eigenvalue weighted by atomic mass is 16.5. The zero-order chi connectivity index (χ0) is 15.4. The smallest absolute Gasteiger partial charge is 0.162 e. The number of benzene rings is 1. The van der Waals surface area contributed by atoms with Gasteiger partial charge in [0.2, 0.25) is 0 Å². The second kappa shape index (κ2) is 6.41. The van der Waals surface area contributed by atoms with Crippen molar-refractivity contribution in [3.63, 3.8) is 0 Å². The van der Waals surface area contributed by atoms with Gasteiger partial charge in [0.1, 0.15) is 17.3 Å². The van der Waals surface area contributed by atoms with Gasteiger partial charge in [-0.25, -0.2) is 15.8 Å². The molecule has 21 heavy (non-hydrogen) atoms. The molecule has 0 atom stereocenters. The summed E-state index contributed by atoms with van der Waals surface area (Å²) in [5, 5.41) is 0. The Labute approximate surface area is 124 Å². The van der Waals surface area contributed by atoms with Crippen LogP contribution in [0.1, 0.15) is 25.5 Å². The van der Waals surface area contributed by atoms with Gasteiger partial charge in [0.25, 0.3) is 0 Å².